The molecule has 23 heavy (non-hydrogen) atoms. The number of carbonyl (C=O) groups excluding carboxylic acids is 2. The highest BCUT2D eigenvalue weighted by Gasteiger charge is 2.23. The molecular formula is C18H19ClN2O2. The number of hydrogen-bond donors (Lipinski definition) is 2. The van der Waals surface area contributed by atoms with Crippen LogP contribution in [0.25, 0.3) is 0 Å². The Balaban J connectivity index is 2.13. The Morgan fingerprint density at radius 3 is 2.26 bits per heavy atom. The fourth-order valence-electron chi connectivity index (χ4n) is 2.21. The smallest absolute Gasteiger partial charge is 0.251 e. The predicted molar refractivity (Wildman–Crippen MR) is 92.7 cm³/mol. The maximum absolute atomic E-state index is 12.4. The Hall–Kier alpha value is -2.33. The zero-order valence-electron chi connectivity index (χ0n) is 13.3. The first kappa shape index (κ1) is 17.0. The van der Waals surface area contributed by atoms with Gasteiger partial charge in [0.1, 0.15) is 0 Å². The topological polar surface area (TPSA) is 58.2 Å². The van der Waals surface area contributed by atoms with Crippen LogP contribution in [-0.4, -0.2) is 11.8 Å². The first-order valence-corrected chi connectivity index (χ1v) is 7.62. The van der Waals surface area contributed by atoms with E-state index in [4.69, 9.17) is 11.6 Å². The maximum atomic E-state index is 12.4. The van der Waals surface area contributed by atoms with E-state index in [9.17, 15) is 9.59 Å². The number of nitrogens with one attached hydrogen (secondary N) is 2. The molecule has 0 aliphatic heterocycles. The number of benzene rings is 2. The molecule has 2 aromatic rings. The van der Waals surface area contributed by atoms with E-state index in [-0.39, 0.29) is 11.8 Å². The van der Waals surface area contributed by atoms with Crippen LogP contribution in [0.1, 0.15) is 36.7 Å². The van der Waals surface area contributed by atoms with E-state index >= 15 is 0 Å². The lowest BCUT2D eigenvalue weighted by Gasteiger charge is -2.27. The molecule has 0 spiro atoms. The Kier molecular flexibility index (Phi) is 5.06. The van der Waals surface area contributed by atoms with Crippen molar-refractivity contribution in [2.75, 3.05) is 5.32 Å². The lowest BCUT2D eigenvalue weighted by molar-refractivity contribution is -0.114. The molecule has 2 N–H and O–H groups in total. The third-order valence-corrected chi connectivity index (χ3v) is 3.67. The summed E-state index contributed by atoms with van der Waals surface area (Å²) in [5.41, 5.74) is 1.55. The van der Waals surface area contributed by atoms with Crippen LogP contribution in [0.4, 0.5) is 5.69 Å². The Labute approximate surface area is 140 Å². The Morgan fingerprint density at radius 2 is 1.70 bits per heavy atom. The van der Waals surface area contributed by atoms with Crippen LogP contribution in [0.3, 0.4) is 0 Å². The monoisotopic (exact) mass is 330 g/mol. The van der Waals surface area contributed by atoms with Gasteiger partial charge in [-0.3, -0.25) is 9.59 Å². The minimum absolute atomic E-state index is 0.149. The molecule has 120 valence electrons. The minimum atomic E-state index is -0.557. The summed E-state index contributed by atoms with van der Waals surface area (Å²) in [5.74, 6) is -0.339. The summed E-state index contributed by atoms with van der Waals surface area (Å²) in [5, 5.41) is 6.29. The molecule has 0 aromatic heterocycles. The number of amides is 2. The lowest BCUT2D eigenvalue weighted by Crippen LogP contribution is -2.41. The van der Waals surface area contributed by atoms with Gasteiger partial charge in [0, 0.05) is 23.2 Å². The van der Waals surface area contributed by atoms with Crippen molar-refractivity contribution >= 4 is 29.1 Å². The first-order chi connectivity index (χ1) is 10.8. The van der Waals surface area contributed by atoms with Gasteiger partial charge in [-0.05, 0) is 55.8 Å². The van der Waals surface area contributed by atoms with Gasteiger partial charge in [-0.25, -0.2) is 0 Å². The van der Waals surface area contributed by atoms with Gasteiger partial charge in [-0.1, -0.05) is 23.7 Å². The van der Waals surface area contributed by atoms with Gasteiger partial charge in [-0.15, -0.1) is 0 Å². The van der Waals surface area contributed by atoms with E-state index < -0.39 is 5.54 Å². The third-order valence-electron chi connectivity index (χ3n) is 3.44. The van der Waals surface area contributed by atoms with Gasteiger partial charge in [-0.2, -0.15) is 0 Å². The minimum Gasteiger partial charge on any atom is -0.343 e. The van der Waals surface area contributed by atoms with E-state index in [1.54, 1.807) is 30.3 Å². The fraction of sp³-hybridized carbons (Fsp3) is 0.222. The molecule has 5 heteroatoms. The van der Waals surface area contributed by atoms with Crippen molar-refractivity contribution < 1.29 is 9.59 Å². The second-order valence-corrected chi connectivity index (χ2v) is 6.28. The van der Waals surface area contributed by atoms with Crippen LogP contribution in [0.5, 0.6) is 0 Å². The van der Waals surface area contributed by atoms with Crippen LogP contribution >= 0.6 is 11.6 Å². The van der Waals surface area contributed by atoms with E-state index in [0.29, 0.717) is 16.3 Å². The average Bonchev–Trinajstić information content (AvgIpc) is 2.47. The molecule has 4 nitrogen and oxygen atoms in total. The zero-order valence-corrected chi connectivity index (χ0v) is 14.1. The second kappa shape index (κ2) is 6.84. The molecule has 2 amide bonds. The number of rotatable bonds is 4. The van der Waals surface area contributed by atoms with Gasteiger partial charge in [0.25, 0.3) is 5.91 Å². The van der Waals surface area contributed by atoms with E-state index in [2.05, 4.69) is 10.6 Å². The van der Waals surface area contributed by atoms with Gasteiger partial charge in [0.2, 0.25) is 5.91 Å². The Morgan fingerprint density at radius 1 is 1.04 bits per heavy atom. The summed E-state index contributed by atoms with van der Waals surface area (Å²) in [6.45, 7) is 5.28. The quantitative estimate of drug-likeness (QED) is 0.891. The van der Waals surface area contributed by atoms with Crippen LogP contribution < -0.4 is 10.6 Å². The predicted octanol–water partition coefficient (Wildman–Crippen LogP) is 3.96. The first-order valence-electron chi connectivity index (χ1n) is 7.24. The van der Waals surface area contributed by atoms with Crippen molar-refractivity contribution in [1.29, 1.82) is 0 Å². The average molecular weight is 331 g/mol. The molecule has 0 heterocycles. The second-order valence-electron chi connectivity index (χ2n) is 5.85. The van der Waals surface area contributed by atoms with Gasteiger partial charge < -0.3 is 10.6 Å². The van der Waals surface area contributed by atoms with Crippen LogP contribution in [0, 0.1) is 0 Å². The summed E-state index contributed by atoms with van der Waals surface area (Å²) in [6.07, 6.45) is 0. The van der Waals surface area contributed by atoms with Gasteiger partial charge in [0.05, 0.1) is 5.54 Å². The van der Waals surface area contributed by atoms with E-state index in [1.165, 1.54) is 6.92 Å². The summed E-state index contributed by atoms with van der Waals surface area (Å²) >= 11 is 6.02. The fourth-order valence-corrected chi connectivity index (χ4v) is 2.40. The van der Waals surface area contributed by atoms with Crippen molar-refractivity contribution in [3.8, 4) is 0 Å². The molecule has 2 rings (SSSR count). The molecule has 0 fully saturated rings. The molecule has 0 atom stereocenters. The van der Waals surface area contributed by atoms with Crippen molar-refractivity contribution in [3.05, 3.63) is 64.7 Å². The standard InChI is InChI=1S/C18H19ClN2O2/c1-12(22)20-16-9-7-13(8-10-16)17(23)21-18(2,3)14-5-4-6-15(19)11-14/h4-11H,1-3H3,(H,20,22)(H,21,23). The molecule has 0 saturated heterocycles. The molecule has 0 aliphatic rings. The van der Waals surface area contributed by atoms with Crippen LogP contribution in [0.2, 0.25) is 5.02 Å². The molecule has 0 bridgehead atoms. The molecular weight excluding hydrogens is 312 g/mol. The lowest BCUT2D eigenvalue weighted by atomic mass is 9.94. The summed E-state index contributed by atoms with van der Waals surface area (Å²) in [6, 6.07) is 14.2. The highest BCUT2D eigenvalue weighted by Crippen LogP contribution is 2.23. The summed E-state index contributed by atoms with van der Waals surface area (Å²) in [4.78, 5) is 23.4. The normalized spacial score (nSPS) is 11.0. The number of carbonyl (C=O) groups is 2. The maximum Gasteiger partial charge on any atom is 0.251 e. The van der Waals surface area contributed by atoms with E-state index in [1.807, 2.05) is 32.0 Å². The van der Waals surface area contributed by atoms with Crippen molar-refractivity contribution in [3.63, 3.8) is 0 Å². The number of anilines is 1. The number of hydrogen-bond acceptors (Lipinski definition) is 2. The summed E-state index contributed by atoms with van der Waals surface area (Å²) < 4.78 is 0. The molecule has 0 unspecified atom stereocenters. The summed E-state index contributed by atoms with van der Waals surface area (Å²) in [7, 11) is 0. The molecule has 0 radical (unpaired) electrons. The largest absolute Gasteiger partial charge is 0.343 e. The van der Waals surface area contributed by atoms with Crippen LogP contribution in [0.15, 0.2) is 48.5 Å². The zero-order chi connectivity index (χ0) is 17.0. The number of halogens is 1. The SMILES string of the molecule is CC(=O)Nc1ccc(C(=O)NC(C)(C)c2cccc(Cl)c2)cc1. The highest BCUT2D eigenvalue weighted by molar-refractivity contribution is 6.30. The van der Waals surface area contributed by atoms with Crippen LogP contribution in [-0.2, 0) is 10.3 Å². The van der Waals surface area contributed by atoms with E-state index in [0.717, 1.165) is 5.56 Å². The molecule has 0 aliphatic carbocycles. The molecule has 2 aromatic carbocycles. The highest BCUT2D eigenvalue weighted by atomic mass is 35.5. The van der Waals surface area contributed by atoms with Gasteiger partial charge in [0.15, 0.2) is 0 Å². The molecule has 0 saturated carbocycles. The van der Waals surface area contributed by atoms with Crippen molar-refractivity contribution in [2.24, 2.45) is 0 Å². The third kappa shape index (κ3) is 4.57. The van der Waals surface area contributed by atoms with Gasteiger partial charge >= 0.3 is 0 Å². The van der Waals surface area contributed by atoms with Crippen molar-refractivity contribution in [2.45, 2.75) is 26.3 Å². The Bertz CT molecular complexity index is 724. The van der Waals surface area contributed by atoms with Crippen molar-refractivity contribution in [1.82, 2.24) is 5.32 Å².